The van der Waals surface area contributed by atoms with Crippen molar-refractivity contribution < 1.29 is 44.4 Å². The minimum Gasteiger partial charge on any atom is -0.317 e. The molecule has 0 bridgehead atoms. The number of nitrogens with zero attached hydrogens (tertiary/aromatic N) is 1. The van der Waals surface area contributed by atoms with Gasteiger partial charge in [0, 0.05) is 4.92 Å². The van der Waals surface area contributed by atoms with E-state index in [1.807, 2.05) is 0 Å². The lowest BCUT2D eigenvalue weighted by atomic mass is 9.98. The van der Waals surface area contributed by atoms with Crippen molar-refractivity contribution in [1.82, 2.24) is 0 Å². The third kappa shape index (κ3) is 2.84. The number of alkyl halides is 9. The van der Waals surface area contributed by atoms with Gasteiger partial charge in [-0.05, 0) is 0 Å². The summed E-state index contributed by atoms with van der Waals surface area (Å²) in [5.41, 5.74) is 4.21. The van der Waals surface area contributed by atoms with Gasteiger partial charge >= 0.3 is 23.9 Å². The molecule has 13 heteroatoms. The summed E-state index contributed by atoms with van der Waals surface area (Å²) in [7, 11) is 0. The molecule has 0 saturated heterocycles. The van der Waals surface area contributed by atoms with Gasteiger partial charge in [-0.1, -0.05) is 0 Å². The highest BCUT2D eigenvalue weighted by Gasteiger charge is 2.83. The molecule has 0 rings (SSSR count). The van der Waals surface area contributed by atoms with Crippen LogP contribution >= 0.6 is 0 Å². The molecule has 0 aliphatic heterocycles. The van der Waals surface area contributed by atoms with E-state index in [4.69, 9.17) is 0 Å². The summed E-state index contributed by atoms with van der Waals surface area (Å²) in [5.74, 6) is -20.2. The standard InChI is InChI=1S/C6H5F9N2O2/c7-3(8,2(16)1-17(18)19)4(9,10)5(11,12)6(13,14)15/h2H,1,16H2. The van der Waals surface area contributed by atoms with Crippen molar-refractivity contribution in [2.75, 3.05) is 6.54 Å². The summed E-state index contributed by atoms with van der Waals surface area (Å²) in [4.78, 5) is 8.12. The molecule has 0 radical (unpaired) electrons. The highest BCUT2D eigenvalue weighted by atomic mass is 19.4. The SMILES string of the molecule is NC(C[N+](=O)[O-])C(F)(F)C(F)(F)C(F)(F)C(F)(F)F. The van der Waals surface area contributed by atoms with E-state index in [1.165, 1.54) is 0 Å². The molecule has 19 heavy (non-hydrogen) atoms. The van der Waals surface area contributed by atoms with Crippen LogP contribution in [0.2, 0.25) is 0 Å². The van der Waals surface area contributed by atoms with Gasteiger partial charge in [0.15, 0.2) is 0 Å². The van der Waals surface area contributed by atoms with Gasteiger partial charge in [0.2, 0.25) is 6.54 Å². The van der Waals surface area contributed by atoms with Crippen molar-refractivity contribution in [2.24, 2.45) is 5.73 Å². The molecule has 1 atom stereocenters. The second-order valence-corrected chi connectivity index (χ2v) is 3.39. The van der Waals surface area contributed by atoms with Crippen LogP contribution in [-0.2, 0) is 0 Å². The van der Waals surface area contributed by atoms with Crippen LogP contribution in [-0.4, -0.2) is 41.5 Å². The maximum absolute atomic E-state index is 12.8. The molecule has 0 amide bonds. The van der Waals surface area contributed by atoms with Crippen LogP contribution < -0.4 is 5.73 Å². The van der Waals surface area contributed by atoms with E-state index in [9.17, 15) is 49.6 Å². The van der Waals surface area contributed by atoms with Crippen molar-refractivity contribution >= 4 is 0 Å². The minimum atomic E-state index is -7.10. The van der Waals surface area contributed by atoms with Crippen LogP contribution in [0, 0.1) is 10.1 Å². The second-order valence-electron chi connectivity index (χ2n) is 3.39. The van der Waals surface area contributed by atoms with Crippen molar-refractivity contribution in [1.29, 1.82) is 0 Å². The quantitative estimate of drug-likeness (QED) is 0.480. The highest BCUT2D eigenvalue weighted by Crippen LogP contribution is 2.53. The maximum Gasteiger partial charge on any atom is 0.460 e. The zero-order valence-electron chi connectivity index (χ0n) is 8.53. The lowest BCUT2D eigenvalue weighted by Crippen LogP contribution is -2.67. The summed E-state index contributed by atoms with van der Waals surface area (Å²) in [5, 5.41) is 9.77. The molecule has 0 aromatic carbocycles. The minimum absolute atomic E-state index is 1.65. The molecule has 0 aromatic heterocycles. The lowest BCUT2D eigenvalue weighted by Gasteiger charge is -2.35. The van der Waals surface area contributed by atoms with Crippen LogP contribution in [0.25, 0.3) is 0 Å². The van der Waals surface area contributed by atoms with E-state index in [2.05, 4.69) is 5.73 Å². The van der Waals surface area contributed by atoms with E-state index in [1.54, 1.807) is 0 Å². The van der Waals surface area contributed by atoms with Gasteiger partial charge < -0.3 is 5.73 Å². The number of halogens is 9. The second kappa shape index (κ2) is 4.68. The average Bonchev–Trinajstić information content (AvgIpc) is 2.13. The fourth-order valence-electron chi connectivity index (χ4n) is 0.895. The first-order valence-electron chi connectivity index (χ1n) is 4.16. The van der Waals surface area contributed by atoms with Crippen LogP contribution in [0.5, 0.6) is 0 Å². The Morgan fingerprint density at radius 3 is 1.58 bits per heavy atom. The Morgan fingerprint density at radius 2 is 1.32 bits per heavy atom. The van der Waals surface area contributed by atoms with Gasteiger partial charge in [-0.2, -0.15) is 39.5 Å². The first-order chi connectivity index (χ1) is 8.09. The molecular weight excluding hydrogens is 303 g/mol. The third-order valence-electron chi connectivity index (χ3n) is 1.98. The Labute approximate surface area is 98.0 Å². The van der Waals surface area contributed by atoms with E-state index < -0.39 is 41.5 Å². The topological polar surface area (TPSA) is 69.2 Å². The molecule has 4 nitrogen and oxygen atoms in total. The Hall–Kier alpha value is -1.27. The predicted molar refractivity (Wildman–Crippen MR) is 40.7 cm³/mol. The van der Waals surface area contributed by atoms with Gasteiger partial charge in [0.05, 0.1) is 0 Å². The number of nitrogens with two attached hydrogens (primary N) is 1. The fourth-order valence-corrected chi connectivity index (χ4v) is 0.895. The zero-order chi connectivity index (χ0) is 15.9. The summed E-state index contributed by atoms with van der Waals surface area (Å²) in [6.07, 6.45) is -6.98. The molecule has 0 spiro atoms. The van der Waals surface area contributed by atoms with Crippen LogP contribution in [0.1, 0.15) is 0 Å². The first-order valence-corrected chi connectivity index (χ1v) is 4.16. The molecule has 2 N–H and O–H groups in total. The van der Waals surface area contributed by atoms with E-state index >= 15 is 0 Å². The summed E-state index contributed by atoms with van der Waals surface area (Å²) >= 11 is 0. The summed E-state index contributed by atoms with van der Waals surface area (Å²) < 4.78 is 111. The number of hydrogen-bond acceptors (Lipinski definition) is 3. The summed E-state index contributed by atoms with van der Waals surface area (Å²) in [6, 6.07) is -3.52. The Balaban J connectivity index is 5.56. The van der Waals surface area contributed by atoms with E-state index in [-0.39, 0.29) is 0 Å². The molecule has 0 aromatic rings. The lowest BCUT2D eigenvalue weighted by molar-refractivity contribution is -0.493. The molecule has 0 aliphatic rings. The largest absolute Gasteiger partial charge is 0.460 e. The van der Waals surface area contributed by atoms with Gasteiger partial charge in [0.1, 0.15) is 6.04 Å². The molecule has 0 fully saturated rings. The number of rotatable bonds is 5. The van der Waals surface area contributed by atoms with Gasteiger partial charge in [-0.3, -0.25) is 10.1 Å². The first kappa shape index (κ1) is 17.7. The van der Waals surface area contributed by atoms with Crippen molar-refractivity contribution in [3.8, 4) is 0 Å². The fraction of sp³-hybridized carbons (Fsp3) is 1.00. The van der Waals surface area contributed by atoms with Crippen molar-refractivity contribution in [3.63, 3.8) is 0 Å². The predicted octanol–water partition coefficient (Wildman–Crippen LogP) is 2.06. The molecule has 0 heterocycles. The molecule has 0 saturated carbocycles. The molecule has 0 aliphatic carbocycles. The van der Waals surface area contributed by atoms with Crippen LogP contribution in [0.3, 0.4) is 0 Å². The monoisotopic (exact) mass is 308 g/mol. The Kier molecular flexibility index (Phi) is 4.37. The average molecular weight is 308 g/mol. The van der Waals surface area contributed by atoms with Crippen molar-refractivity contribution in [3.05, 3.63) is 10.1 Å². The Bertz CT molecular complexity index is 353. The Morgan fingerprint density at radius 1 is 0.947 bits per heavy atom. The number of nitro groups is 1. The van der Waals surface area contributed by atoms with Crippen molar-refractivity contribution in [2.45, 2.75) is 30.0 Å². The highest BCUT2D eigenvalue weighted by molar-refractivity contribution is 5.04. The summed E-state index contributed by atoms with van der Waals surface area (Å²) in [6.45, 7) is -2.11. The normalized spacial score (nSPS) is 16.3. The molecule has 1 unspecified atom stereocenters. The number of hydrogen-bond donors (Lipinski definition) is 1. The van der Waals surface area contributed by atoms with Gasteiger partial charge in [0.25, 0.3) is 0 Å². The zero-order valence-corrected chi connectivity index (χ0v) is 8.53. The van der Waals surface area contributed by atoms with Gasteiger partial charge in [-0.15, -0.1) is 0 Å². The van der Waals surface area contributed by atoms with E-state index in [0.717, 1.165) is 0 Å². The maximum atomic E-state index is 12.8. The van der Waals surface area contributed by atoms with Crippen LogP contribution in [0.15, 0.2) is 0 Å². The smallest absolute Gasteiger partial charge is 0.317 e. The van der Waals surface area contributed by atoms with Gasteiger partial charge in [-0.25, -0.2) is 0 Å². The molecular formula is C6H5F9N2O2. The third-order valence-corrected chi connectivity index (χ3v) is 1.98. The molecule has 114 valence electrons. The van der Waals surface area contributed by atoms with Crippen LogP contribution in [0.4, 0.5) is 39.5 Å². The van der Waals surface area contributed by atoms with E-state index in [0.29, 0.717) is 0 Å².